The molecule has 0 saturated heterocycles. The second kappa shape index (κ2) is 8.02. The molecule has 0 bridgehead atoms. The normalized spacial score (nSPS) is 11.1. The van der Waals surface area contributed by atoms with Crippen molar-refractivity contribution in [3.8, 4) is 0 Å². The standard InChI is InChI=1S/C19H21BrN2O2/c1-13-16(9-6-10-18(13)20)17(19(23)24-4)12-21-14-7-5-8-15(11-14)22(2)3/h5-12,21H,1-4H3. The summed E-state index contributed by atoms with van der Waals surface area (Å²) in [5, 5.41) is 3.20. The van der Waals surface area contributed by atoms with Crippen LogP contribution in [0.2, 0.25) is 0 Å². The molecule has 0 amide bonds. The lowest BCUT2D eigenvalue weighted by atomic mass is 10.0. The van der Waals surface area contributed by atoms with E-state index in [1.54, 1.807) is 6.20 Å². The van der Waals surface area contributed by atoms with Crippen LogP contribution in [-0.4, -0.2) is 27.2 Å². The molecule has 2 aromatic carbocycles. The number of benzene rings is 2. The Bertz CT molecular complexity index is 770. The van der Waals surface area contributed by atoms with Gasteiger partial charge in [-0.05, 0) is 42.3 Å². The Balaban J connectivity index is 2.38. The molecule has 4 nitrogen and oxygen atoms in total. The molecule has 0 aliphatic rings. The predicted octanol–water partition coefficient (Wildman–Crippen LogP) is 4.45. The van der Waals surface area contributed by atoms with Gasteiger partial charge in [0.15, 0.2) is 0 Å². The molecule has 0 atom stereocenters. The second-order valence-electron chi connectivity index (χ2n) is 5.55. The van der Waals surface area contributed by atoms with Gasteiger partial charge in [0.1, 0.15) is 0 Å². The van der Waals surface area contributed by atoms with E-state index in [9.17, 15) is 4.79 Å². The predicted molar refractivity (Wildman–Crippen MR) is 103 cm³/mol. The SMILES string of the molecule is COC(=O)C(=CNc1cccc(N(C)C)c1)c1cccc(Br)c1C. The van der Waals surface area contributed by atoms with Gasteiger partial charge in [-0.3, -0.25) is 0 Å². The molecular weight excluding hydrogens is 368 g/mol. The monoisotopic (exact) mass is 388 g/mol. The number of esters is 1. The molecule has 0 aliphatic carbocycles. The Labute approximate surface area is 151 Å². The molecule has 5 heteroatoms. The molecule has 126 valence electrons. The topological polar surface area (TPSA) is 41.6 Å². The number of carbonyl (C=O) groups excluding carboxylic acids is 1. The quantitative estimate of drug-likeness (QED) is 0.606. The lowest BCUT2D eigenvalue weighted by Crippen LogP contribution is -2.09. The molecule has 0 heterocycles. The maximum absolute atomic E-state index is 12.2. The summed E-state index contributed by atoms with van der Waals surface area (Å²) in [5.74, 6) is -0.382. The highest BCUT2D eigenvalue weighted by Crippen LogP contribution is 2.27. The van der Waals surface area contributed by atoms with Gasteiger partial charge in [-0.25, -0.2) is 4.79 Å². The summed E-state index contributed by atoms with van der Waals surface area (Å²) in [6.07, 6.45) is 1.69. The largest absolute Gasteiger partial charge is 0.465 e. The first-order chi connectivity index (χ1) is 11.4. The van der Waals surface area contributed by atoms with Gasteiger partial charge in [0, 0.05) is 36.1 Å². The van der Waals surface area contributed by atoms with Crippen LogP contribution in [0.5, 0.6) is 0 Å². The van der Waals surface area contributed by atoms with Crippen LogP contribution in [0.3, 0.4) is 0 Å². The van der Waals surface area contributed by atoms with Gasteiger partial charge in [-0.15, -0.1) is 0 Å². The van der Waals surface area contributed by atoms with Gasteiger partial charge >= 0.3 is 5.97 Å². The van der Waals surface area contributed by atoms with E-state index >= 15 is 0 Å². The van der Waals surface area contributed by atoms with E-state index in [4.69, 9.17) is 4.74 Å². The van der Waals surface area contributed by atoms with Crippen LogP contribution in [-0.2, 0) is 9.53 Å². The summed E-state index contributed by atoms with van der Waals surface area (Å²) in [4.78, 5) is 14.2. The van der Waals surface area contributed by atoms with E-state index in [0.717, 1.165) is 27.0 Å². The number of rotatable bonds is 5. The zero-order chi connectivity index (χ0) is 17.7. The molecule has 0 unspecified atom stereocenters. The first-order valence-corrected chi connectivity index (χ1v) is 8.31. The molecular formula is C19H21BrN2O2. The van der Waals surface area contributed by atoms with Crippen LogP contribution in [0.25, 0.3) is 5.57 Å². The summed E-state index contributed by atoms with van der Waals surface area (Å²) in [5.41, 5.74) is 4.26. The molecule has 0 fully saturated rings. The highest BCUT2D eigenvalue weighted by atomic mass is 79.9. The van der Waals surface area contributed by atoms with Crippen LogP contribution in [0, 0.1) is 6.92 Å². The van der Waals surface area contributed by atoms with Crippen LogP contribution in [0.1, 0.15) is 11.1 Å². The number of nitrogens with one attached hydrogen (secondary N) is 1. The average molecular weight is 389 g/mol. The molecule has 0 saturated carbocycles. The zero-order valence-electron chi connectivity index (χ0n) is 14.3. The highest BCUT2D eigenvalue weighted by molar-refractivity contribution is 9.10. The van der Waals surface area contributed by atoms with Crippen molar-refractivity contribution < 1.29 is 9.53 Å². The first kappa shape index (κ1) is 18.1. The lowest BCUT2D eigenvalue weighted by molar-refractivity contribution is -0.133. The number of hydrogen-bond acceptors (Lipinski definition) is 4. The first-order valence-electron chi connectivity index (χ1n) is 7.52. The number of anilines is 2. The van der Waals surface area contributed by atoms with Crippen LogP contribution >= 0.6 is 15.9 Å². The number of ether oxygens (including phenoxy) is 1. The molecule has 0 aromatic heterocycles. The fourth-order valence-electron chi connectivity index (χ4n) is 2.29. The third-order valence-electron chi connectivity index (χ3n) is 3.71. The average Bonchev–Trinajstić information content (AvgIpc) is 2.58. The molecule has 2 aromatic rings. The third kappa shape index (κ3) is 4.17. The summed E-state index contributed by atoms with van der Waals surface area (Å²) in [6.45, 7) is 1.96. The summed E-state index contributed by atoms with van der Waals surface area (Å²) in [6, 6.07) is 13.7. The Morgan fingerprint density at radius 1 is 1.21 bits per heavy atom. The minimum absolute atomic E-state index is 0.382. The number of carbonyl (C=O) groups is 1. The van der Waals surface area contributed by atoms with Crippen LogP contribution in [0.4, 0.5) is 11.4 Å². The van der Waals surface area contributed by atoms with E-state index in [0.29, 0.717) is 5.57 Å². The Kier molecular flexibility index (Phi) is 6.04. The highest BCUT2D eigenvalue weighted by Gasteiger charge is 2.15. The Morgan fingerprint density at radius 2 is 1.92 bits per heavy atom. The van der Waals surface area contributed by atoms with Gasteiger partial charge in [0.2, 0.25) is 0 Å². The van der Waals surface area contributed by atoms with Crippen LogP contribution < -0.4 is 10.2 Å². The van der Waals surface area contributed by atoms with Gasteiger partial charge in [-0.1, -0.05) is 34.1 Å². The van der Waals surface area contributed by atoms with Crippen molar-refractivity contribution in [2.45, 2.75) is 6.92 Å². The smallest absolute Gasteiger partial charge is 0.339 e. The van der Waals surface area contributed by atoms with Crippen molar-refractivity contribution >= 4 is 38.8 Å². The van der Waals surface area contributed by atoms with Crippen LogP contribution in [0.15, 0.2) is 53.1 Å². The van der Waals surface area contributed by atoms with Gasteiger partial charge < -0.3 is 15.0 Å². The van der Waals surface area contributed by atoms with E-state index in [1.165, 1.54) is 7.11 Å². The summed E-state index contributed by atoms with van der Waals surface area (Å²) in [7, 11) is 5.36. The molecule has 1 N–H and O–H groups in total. The lowest BCUT2D eigenvalue weighted by Gasteiger charge is -2.14. The minimum Gasteiger partial charge on any atom is -0.465 e. The summed E-state index contributed by atoms with van der Waals surface area (Å²) < 4.78 is 5.89. The van der Waals surface area contributed by atoms with E-state index in [1.807, 2.05) is 68.4 Å². The number of methoxy groups -OCH3 is 1. The Morgan fingerprint density at radius 3 is 2.58 bits per heavy atom. The zero-order valence-corrected chi connectivity index (χ0v) is 15.8. The molecule has 2 rings (SSSR count). The van der Waals surface area contributed by atoms with Gasteiger partial charge in [0.05, 0.1) is 12.7 Å². The molecule has 24 heavy (non-hydrogen) atoms. The van der Waals surface area contributed by atoms with Crippen molar-refractivity contribution in [1.82, 2.24) is 0 Å². The maximum atomic E-state index is 12.2. The van der Waals surface area contributed by atoms with Gasteiger partial charge in [0.25, 0.3) is 0 Å². The Hall–Kier alpha value is -2.27. The van der Waals surface area contributed by atoms with E-state index in [-0.39, 0.29) is 5.97 Å². The number of halogens is 1. The van der Waals surface area contributed by atoms with E-state index < -0.39 is 0 Å². The maximum Gasteiger partial charge on any atom is 0.339 e. The van der Waals surface area contributed by atoms with Crippen molar-refractivity contribution in [1.29, 1.82) is 0 Å². The van der Waals surface area contributed by atoms with E-state index in [2.05, 4.69) is 21.2 Å². The van der Waals surface area contributed by atoms with Crippen molar-refractivity contribution in [2.75, 3.05) is 31.4 Å². The van der Waals surface area contributed by atoms with Crippen molar-refractivity contribution in [3.05, 3.63) is 64.3 Å². The third-order valence-corrected chi connectivity index (χ3v) is 4.57. The fourth-order valence-corrected chi connectivity index (χ4v) is 2.65. The number of nitrogens with zero attached hydrogens (tertiary/aromatic N) is 1. The number of hydrogen-bond donors (Lipinski definition) is 1. The van der Waals surface area contributed by atoms with Crippen molar-refractivity contribution in [3.63, 3.8) is 0 Å². The van der Waals surface area contributed by atoms with Gasteiger partial charge in [-0.2, -0.15) is 0 Å². The molecule has 0 aliphatic heterocycles. The summed E-state index contributed by atoms with van der Waals surface area (Å²) >= 11 is 3.50. The second-order valence-corrected chi connectivity index (χ2v) is 6.41. The molecule has 0 radical (unpaired) electrons. The van der Waals surface area contributed by atoms with Crippen molar-refractivity contribution in [2.24, 2.45) is 0 Å². The fraction of sp³-hybridized carbons (Fsp3) is 0.211. The molecule has 0 spiro atoms. The minimum atomic E-state index is -0.382.